The summed E-state index contributed by atoms with van der Waals surface area (Å²) in [4.78, 5) is 24.3. The van der Waals surface area contributed by atoms with E-state index < -0.39 is 5.91 Å². The molecule has 1 atom stereocenters. The first-order valence-electron chi connectivity index (χ1n) is 8.07. The Labute approximate surface area is 171 Å². The van der Waals surface area contributed by atoms with Gasteiger partial charge in [-0.1, -0.05) is 59.6 Å². The first-order chi connectivity index (χ1) is 13.0. The summed E-state index contributed by atoms with van der Waals surface area (Å²) in [7, 11) is 0. The maximum absolute atomic E-state index is 12.2. The number of amides is 2. The lowest BCUT2D eigenvalue weighted by molar-refractivity contribution is -0.139. The van der Waals surface area contributed by atoms with Crippen LogP contribution in [0.15, 0.2) is 54.6 Å². The van der Waals surface area contributed by atoms with E-state index in [9.17, 15) is 9.59 Å². The van der Waals surface area contributed by atoms with Crippen molar-refractivity contribution in [1.82, 2.24) is 10.4 Å². The highest BCUT2D eigenvalue weighted by molar-refractivity contribution is 8.01. The van der Waals surface area contributed by atoms with E-state index in [1.54, 1.807) is 12.1 Å². The molecule has 0 aromatic heterocycles. The minimum absolute atomic E-state index is 0.166. The highest BCUT2D eigenvalue weighted by Crippen LogP contribution is 2.28. The third kappa shape index (κ3) is 5.42. The van der Waals surface area contributed by atoms with Gasteiger partial charge < -0.3 is 4.74 Å². The molecule has 8 heteroatoms. The maximum atomic E-state index is 12.2. The summed E-state index contributed by atoms with van der Waals surface area (Å²) in [5.74, 6) is 0.0305. The summed E-state index contributed by atoms with van der Waals surface area (Å²) in [6.07, 6.45) is 3.79. The molecular weight excluding hydrogens is 407 g/mol. The topological polar surface area (TPSA) is 58.6 Å². The van der Waals surface area contributed by atoms with Crippen LogP contribution in [0.25, 0.3) is 6.08 Å². The van der Waals surface area contributed by atoms with E-state index in [2.05, 4.69) is 5.43 Å². The van der Waals surface area contributed by atoms with E-state index in [0.717, 1.165) is 5.56 Å². The molecular formula is C19H16Cl2N2O3S. The lowest BCUT2D eigenvalue weighted by atomic mass is 10.2. The van der Waals surface area contributed by atoms with Gasteiger partial charge in [0.1, 0.15) is 11.1 Å². The van der Waals surface area contributed by atoms with Gasteiger partial charge in [0.25, 0.3) is 11.8 Å². The Morgan fingerprint density at radius 1 is 1.26 bits per heavy atom. The predicted octanol–water partition coefficient (Wildman–Crippen LogP) is 4.02. The first kappa shape index (κ1) is 19.6. The van der Waals surface area contributed by atoms with Crippen LogP contribution in [-0.2, 0) is 9.59 Å². The maximum Gasteiger partial charge on any atom is 0.276 e. The van der Waals surface area contributed by atoms with Crippen molar-refractivity contribution >= 4 is 52.9 Å². The first-order valence-corrected chi connectivity index (χ1v) is 9.87. The molecule has 140 valence electrons. The molecule has 1 aliphatic rings. The molecule has 0 spiro atoms. The Balaban J connectivity index is 1.57. The summed E-state index contributed by atoms with van der Waals surface area (Å²) in [5, 5.41) is 1.83. The zero-order chi connectivity index (χ0) is 19.2. The number of carbonyl (C=O) groups is 2. The number of nitrogens with one attached hydrogen (secondary N) is 1. The molecule has 0 aliphatic carbocycles. The number of carbonyl (C=O) groups excluding carboxylic acids is 2. The quantitative estimate of drug-likeness (QED) is 0.763. The molecule has 2 amide bonds. The smallest absolute Gasteiger partial charge is 0.276 e. The van der Waals surface area contributed by atoms with Gasteiger partial charge in [0.2, 0.25) is 0 Å². The van der Waals surface area contributed by atoms with Crippen molar-refractivity contribution in [1.29, 1.82) is 0 Å². The summed E-state index contributed by atoms with van der Waals surface area (Å²) in [5.41, 5.74) is 3.61. The minimum Gasteiger partial charge on any atom is -0.482 e. The van der Waals surface area contributed by atoms with E-state index in [1.807, 2.05) is 42.5 Å². The Bertz CT molecular complexity index is 861. The fraction of sp³-hybridized carbons (Fsp3) is 0.158. The van der Waals surface area contributed by atoms with Gasteiger partial charge >= 0.3 is 0 Å². The van der Waals surface area contributed by atoms with Gasteiger partial charge in [0, 0.05) is 5.02 Å². The fourth-order valence-corrected chi connectivity index (χ4v) is 3.79. The zero-order valence-electron chi connectivity index (χ0n) is 14.1. The lowest BCUT2D eigenvalue weighted by Gasteiger charge is -2.22. The number of halogens is 2. The highest BCUT2D eigenvalue weighted by atomic mass is 35.5. The number of hydrogen-bond acceptors (Lipinski definition) is 4. The fourth-order valence-electron chi connectivity index (χ4n) is 2.37. The number of ether oxygens (including phenoxy) is 1. The van der Waals surface area contributed by atoms with Crippen molar-refractivity contribution < 1.29 is 14.3 Å². The van der Waals surface area contributed by atoms with Gasteiger partial charge in [-0.25, -0.2) is 5.01 Å². The SMILES string of the molecule is O=C(COc1ccc(Cl)cc1Cl)NN1C(=O)CSC1C=Cc1ccccc1. The molecule has 0 saturated carbocycles. The predicted molar refractivity (Wildman–Crippen MR) is 109 cm³/mol. The summed E-state index contributed by atoms with van der Waals surface area (Å²) < 4.78 is 5.40. The summed E-state index contributed by atoms with van der Waals surface area (Å²) in [6.45, 7) is -0.273. The van der Waals surface area contributed by atoms with Crippen LogP contribution in [0, 0.1) is 0 Å². The van der Waals surface area contributed by atoms with Gasteiger partial charge in [0.15, 0.2) is 6.61 Å². The lowest BCUT2D eigenvalue weighted by Crippen LogP contribution is -2.48. The average molecular weight is 423 g/mol. The van der Waals surface area contributed by atoms with Crippen LogP contribution in [0.3, 0.4) is 0 Å². The Morgan fingerprint density at radius 3 is 2.78 bits per heavy atom. The molecule has 1 fully saturated rings. The van der Waals surface area contributed by atoms with E-state index >= 15 is 0 Å². The molecule has 3 rings (SSSR count). The van der Waals surface area contributed by atoms with Crippen LogP contribution in [0.5, 0.6) is 5.75 Å². The van der Waals surface area contributed by atoms with Gasteiger partial charge in [0.05, 0.1) is 10.8 Å². The van der Waals surface area contributed by atoms with Crippen molar-refractivity contribution in [3.05, 3.63) is 70.2 Å². The number of nitrogens with zero attached hydrogens (tertiary/aromatic N) is 1. The molecule has 1 aliphatic heterocycles. The van der Waals surface area contributed by atoms with Gasteiger partial charge in [-0.3, -0.25) is 15.0 Å². The number of hydrogen-bond donors (Lipinski definition) is 1. The Hall–Kier alpha value is -2.15. The Kier molecular flexibility index (Phi) is 6.66. The molecule has 1 saturated heterocycles. The number of hydrazine groups is 1. The second-order valence-corrected chi connectivity index (χ2v) is 7.58. The summed E-state index contributed by atoms with van der Waals surface area (Å²) in [6, 6.07) is 14.5. The van der Waals surface area contributed by atoms with Crippen molar-refractivity contribution in [2.24, 2.45) is 0 Å². The molecule has 5 nitrogen and oxygen atoms in total. The van der Waals surface area contributed by atoms with Crippen LogP contribution in [-0.4, -0.2) is 34.6 Å². The van der Waals surface area contributed by atoms with Crippen molar-refractivity contribution in [3.8, 4) is 5.75 Å². The second-order valence-electron chi connectivity index (χ2n) is 5.63. The van der Waals surface area contributed by atoms with Crippen LogP contribution < -0.4 is 10.2 Å². The van der Waals surface area contributed by atoms with Crippen LogP contribution in [0.1, 0.15) is 5.56 Å². The second kappa shape index (κ2) is 9.17. The molecule has 1 unspecified atom stereocenters. The van der Waals surface area contributed by atoms with Crippen molar-refractivity contribution in [3.63, 3.8) is 0 Å². The minimum atomic E-state index is -0.449. The Morgan fingerprint density at radius 2 is 2.04 bits per heavy atom. The molecule has 1 N–H and O–H groups in total. The zero-order valence-corrected chi connectivity index (χ0v) is 16.4. The van der Waals surface area contributed by atoms with Gasteiger partial charge in [-0.15, -0.1) is 11.8 Å². The highest BCUT2D eigenvalue weighted by Gasteiger charge is 2.31. The third-order valence-corrected chi connectivity index (χ3v) is 5.31. The molecule has 2 aromatic rings. The van der Waals surface area contributed by atoms with Crippen LogP contribution >= 0.6 is 35.0 Å². The van der Waals surface area contributed by atoms with E-state index in [1.165, 1.54) is 22.8 Å². The summed E-state index contributed by atoms with van der Waals surface area (Å²) >= 11 is 13.3. The van der Waals surface area contributed by atoms with Crippen LogP contribution in [0.4, 0.5) is 0 Å². The molecule has 27 heavy (non-hydrogen) atoms. The van der Waals surface area contributed by atoms with Gasteiger partial charge in [-0.05, 0) is 29.8 Å². The standard InChI is InChI=1S/C19H16Cl2N2O3S/c20-14-7-8-16(15(21)10-14)26-11-17(24)22-23-18(25)12-27-19(23)9-6-13-4-2-1-3-5-13/h1-10,19H,11-12H2,(H,22,24). The number of thioether (sulfide) groups is 1. The van der Waals surface area contributed by atoms with E-state index in [-0.39, 0.29) is 17.9 Å². The number of benzene rings is 2. The average Bonchev–Trinajstić information content (AvgIpc) is 3.00. The van der Waals surface area contributed by atoms with Crippen LogP contribution in [0.2, 0.25) is 10.0 Å². The van der Waals surface area contributed by atoms with E-state index in [0.29, 0.717) is 21.5 Å². The molecule has 1 heterocycles. The third-order valence-electron chi connectivity index (χ3n) is 3.65. The van der Waals surface area contributed by atoms with Gasteiger partial charge in [-0.2, -0.15) is 0 Å². The van der Waals surface area contributed by atoms with Crippen molar-refractivity contribution in [2.45, 2.75) is 5.37 Å². The molecule has 0 radical (unpaired) electrons. The molecule has 2 aromatic carbocycles. The van der Waals surface area contributed by atoms with Crippen molar-refractivity contribution in [2.75, 3.05) is 12.4 Å². The molecule has 0 bridgehead atoms. The number of rotatable bonds is 6. The normalized spacial score (nSPS) is 16.7. The van der Waals surface area contributed by atoms with E-state index in [4.69, 9.17) is 27.9 Å². The monoisotopic (exact) mass is 422 g/mol. The largest absolute Gasteiger partial charge is 0.482 e.